The average molecular weight is 326 g/mol. The van der Waals surface area contributed by atoms with Crippen LogP contribution in [0.3, 0.4) is 0 Å². The average Bonchev–Trinajstić information content (AvgIpc) is 2.62. The van der Waals surface area contributed by atoms with E-state index in [0.29, 0.717) is 18.0 Å². The third-order valence-corrected chi connectivity index (χ3v) is 4.24. The van der Waals surface area contributed by atoms with E-state index in [1.165, 1.54) is 0 Å². The van der Waals surface area contributed by atoms with Crippen molar-refractivity contribution in [1.82, 2.24) is 4.90 Å². The predicted molar refractivity (Wildman–Crippen MR) is 93.2 cm³/mol. The second-order valence-corrected chi connectivity index (χ2v) is 5.85. The molecule has 1 aliphatic rings. The number of carbonyl (C=O) groups excluding carboxylic acids is 1. The summed E-state index contributed by atoms with van der Waals surface area (Å²) in [6.07, 6.45) is -0.558. The Morgan fingerprint density at radius 2 is 2.00 bits per heavy atom. The number of ether oxygens (including phenoxy) is 2. The molecule has 5 nitrogen and oxygen atoms in total. The second kappa shape index (κ2) is 7.47. The van der Waals surface area contributed by atoms with Crippen molar-refractivity contribution in [3.8, 4) is 5.75 Å². The molecule has 0 saturated carbocycles. The number of methoxy groups -OCH3 is 1. The minimum Gasteiger partial charge on any atom is -0.497 e. The minimum atomic E-state index is -0.558. The summed E-state index contributed by atoms with van der Waals surface area (Å²) >= 11 is 0. The molecule has 1 saturated heterocycles. The van der Waals surface area contributed by atoms with Crippen molar-refractivity contribution in [3.05, 3.63) is 60.2 Å². The van der Waals surface area contributed by atoms with Gasteiger partial charge in [-0.2, -0.15) is 0 Å². The summed E-state index contributed by atoms with van der Waals surface area (Å²) in [5.74, 6) is 0.553. The fourth-order valence-electron chi connectivity index (χ4n) is 3.00. The molecule has 2 aromatic carbocycles. The van der Waals surface area contributed by atoms with E-state index in [2.05, 4.69) is 10.2 Å². The molecule has 1 heterocycles. The first kappa shape index (κ1) is 16.5. The molecule has 0 spiro atoms. The molecule has 0 radical (unpaired) electrons. The quantitative estimate of drug-likeness (QED) is 0.938. The van der Waals surface area contributed by atoms with Crippen LogP contribution in [-0.2, 0) is 9.53 Å². The molecule has 1 N–H and O–H groups in total. The van der Waals surface area contributed by atoms with Crippen LogP contribution in [-0.4, -0.2) is 44.2 Å². The molecule has 1 aliphatic heterocycles. The zero-order chi connectivity index (χ0) is 16.9. The van der Waals surface area contributed by atoms with Gasteiger partial charge in [-0.15, -0.1) is 0 Å². The maximum atomic E-state index is 12.8. The first-order valence-electron chi connectivity index (χ1n) is 8.01. The highest BCUT2D eigenvalue weighted by Crippen LogP contribution is 2.29. The fourth-order valence-corrected chi connectivity index (χ4v) is 3.00. The van der Waals surface area contributed by atoms with Crippen LogP contribution in [0.4, 0.5) is 5.69 Å². The van der Waals surface area contributed by atoms with Gasteiger partial charge in [0.25, 0.3) is 5.91 Å². The van der Waals surface area contributed by atoms with Gasteiger partial charge in [0, 0.05) is 18.3 Å². The minimum absolute atomic E-state index is 0.106. The Bertz CT molecular complexity index is 690. The number of carbonyl (C=O) groups is 1. The highest BCUT2D eigenvalue weighted by molar-refractivity contribution is 5.95. The molecule has 0 aliphatic carbocycles. The van der Waals surface area contributed by atoms with Crippen LogP contribution in [0.25, 0.3) is 0 Å². The lowest BCUT2D eigenvalue weighted by Gasteiger charge is -2.38. The number of hydrogen-bond donors (Lipinski definition) is 1. The standard InChI is InChI=1S/C19H22N2O3/c1-21-11-12-24-18(17(21)14-7-4-3-5-8-14)19(22)20-15-9-6-10-16(13-15)23-2/h3-10,13,17-18H,11-12H2,1-2H3,(H,20,22)/t17-,18+/m0/s1. The van der Waals surface area contributed by atoms with Crippen molar-refractivity contribution in [2.75, 3.05) is 32.6 Å². The van der Waals surface area contributed by atoms with Gasteiger partial charge >= 0.3 is 0 Å². The molecule has 1 fully saturated rings. The highest BCUT2D eigenvalue weighted by Gasteiger charge is 2.36. The van der Waals surface area contributed by atoms with E-state index in [1.807, 2.05) is 55.6 Å². The van der Waals surface area contributed by atoms with Gasteiger partial charge in [0.1, 0.15) is 5.75 Å². The predicted octanol–water partition coefficient (Wildman–Crippen LogP) is 2.71. The maximum absolute atomic E-state index is 12.8. The first-order chi connectivity index (χ1) is 11.7. The third-order valence-electron chi connectivity index (χ3n) is 4.24. The van der Waals surface area contributed by atoms with Gasteiger partial charge < -0.3 is 14.8 Å². The molecule has 126 valence electrons. The Labute approximate surface area is 142 Å². The Hall–Kier alpha value is -2.37. The number of nitrogens with one attached hydrogen (secondary N) is 1. The Kier molecular flexibility index (Phi) is 5.13. The molecule has 0 aromatic heterocycles. The number of amides is 1. The van der Waals surface area contributed by atoms with Gasteiger partial charge in [-0.25, -0.2) is 0 Å². The summed E-state index contributed by atoms with van der Waals surface area (Å²) < 4.78 is 11.0. The maximum Gasteiger partial charge on any atom is 0.255 e. The van der Waals surface area contributed by atoms with Gasteiger partial charge in [0.2, 0.25) is 0 Å². The van der Waals surface area contributed by atoms with Gasteiger partial charge in [0.15, 0.2) is 6.10 Å². The number of nitrogens with zero attached hydrogens (tertiary/aromatic N) is 1. The Morgan fingerprint density at radius 1 is 1.21 bits per heavy atom. The van der Waals surface area contributed by atoms with Crippen LogP contribution < -0.4 is 10.1 Å². The van der Waals surface area contributed by atoms with Gasteiger partial charge in [-0.1, -0.05) is 36.4 Å². The summed E-state index contributed by atoms with van der Waals surface area (Å²) in [5, 5.41) is 2.94. The number of benzene rings is 2. The van der Waals surface area contributed by atoms with Crippen LogP contribution in [0, 0.1) is 0 Å². The zero-order valence-corrected chi connectivity index (χ0v) is 13.9. The lowest BCUT2D eigenvalue weighted by molar-refractivity contribution is -0.139. The molecule has 0 unspecified atom stereocenters. The summed E-state index contributed by atoms with van der Waals surface area (Å²) in [6, 6.07) is 17.2. The lowest BCUT2D eigenvalue weighted by atomic mass is 9.98. The number of morpholine rings is 1. The fraction of sp³-hybridized carbons (Fsp3) is 0.316. The Morgan fingerprint density at radius 3 is 2.75 bits per heavy atom. The number of anilines is 1. The van der Waals surface area contributed by atoms with Gasteiger partial charge in [-0.05, 0) is 24.7 Å². The summed E-state index contributed by atoms with van der Waals surface area (Å²) in [5.41, 5.74) is 1.77. The van der Waals surface area contributed by atoms with Crippen LogP contribution in [0.15, 0.2) is 54.6 Å². The van der Waals surface area contributed by atoms with E-state index < -0.39 is 6.10 Å². The molecule has 5 heteroatoms. The molecular formula is C19H22N2O3. The molecule has 2 atom stereocenters. The van der Waals surface area contributed by atoms with Crippen LogP contribution >= 0.6 is 0 Å². The molecular weight excluding hydrogens is 304 g/mol. The molecule has 1 amide bonds. The van der Waals surface area contributed by atoms with Gasteiger partial charge in [-0.3, -0.25) is 9.69 Å². The summed E-state index contributed by atoms with van der Waals surface area (Å²) in [7, 11) is 3.62. The second-order valence-electron chi connectivity index (χ2n) is 5.85. The van der Waals surface area contributed by atoms with Crippen molar-refractivity contribution in [2.45, 2.75) is 12.1 Å². The topological polar surface area (TPSA) is 50.8 Å². The first-order valence-corrected chi connectivity index (χ1v) is 8.01. The molecule has 3 rings (SSSR count). The van der Waals surface area contributed by atoms with Crippen molar-refractivity contribution in [3.63, 3.8) is 0 Å². The van der Waals surface area contributed by atoms with E-state index in [-0.39, 0.29) is 11.9 Å². The van der Waals surface area contributed by atoms with Crippen molar-refractivity contribution < 1.29 is 14.3 Å². The monoisotopic (exact) mass is 326 g/mol. The van der Waals surface area contributed by atoms with E-state index in [9.17, 15) is 4.79 Å². The van der Waals surface area contributed by atoms with Crippen molar-refractivity contribution in [2.24, 2.45) is 0 Å². The zero-order valence-electron chi connectivity index (χ0n) is 13.9. The van der Waals surface area contributed by atoms with Crippen LogP contribution in [0.1, 0.15) is 11.6 Å². The summed E-state index contributed by atoms with van der Waals surface area (Å²) in [4.78, 5) is 15.0. The largest absolute Gasteiger partial charge is 0.497 e. The number of hydrogen-bond acceptors (Lipinski definition) is 4. The lowest BCUT2D eigenvalue weighted by Crippen LogP contribution is -2.48. The SMILES string of the molecule is COc1cccc(NC(=O)[C@@H]2OCCN(C)[C@H]2c2ccccc2)c1. The van der Waals surface area contributed by atoms with Crippen molar-refractivity contribution >= 4 is 11.6 Å². The summed E-state index contributed by atoms with van der Waals surface area (Å²) in [6.45, 7) is 1.33. The molecule has 2 aromatic rings. The van der Waals surface area contributed by atoms with E-state index in [1.54, 1.807) is 13.2 Å². The Balaban J connectivity index is 1.80. The van der Waals surface area contributed by atoms with E-state index >= 15 is 0 Å². The van der Waals surface area contributed by atoms with Crippen LogP contribution in [0.2, 0.25) is 0 Å². The van der Waals surface area contributed by atoms with Gasteiger partial charge in [0.05, 0.1) is 19.8 Å². The normalized spacial score (nSPS) is 21.2. The number of rotatable bonds is 4. The van der Waals surface area contributed by atoms with Crippen LogP contribution in [0.5, 0.6) is 5.75 Å². The molecule has 0 bridgehead atoms. The smallest absolute Gasteiger partial charge is 0.255 e. The highest BCUT2D eigenvalue weighted by atomic mass is 16.5. The van der Waals surface area contributed by atoms with E-state index in [4.69, 9.17) is 9.47 Å². The number of likely N-dealkylation sites (N-methyl/N-ethyl adjacent to an activating group) is 1. The third kappa shape index (κ3) is 3.58. The van der Waals surface area contributed by atoms with E-state index in [0.717, 1.165) is 12.1 Å². The van der Waals surface area contributed by atoms with Crippen molar-refractivity contribution in [1.29, 1.82) is 0 Å². The molecule has 24 heavy (non-hydrogen) atoms.